The van der Waals surface area contributed by atoms with E-state index in [2.05, 4.69) is 4.98 Å². The normalized spacial score (nSPS) is 11.2. The zero-order chi connectivity index (χ0) is 20.2. The Balaban J connectivity index is 2.22. The highest BCUT2D eigenvalue weighted by Gasteiger charge is 2.19. The molecule has 0 saturated heterocycles. The molecule has 0 fully saturated rings. The quantitative estimate of drug-likeness (QED) is 0.518. The van der Waals surface area contributed by atoms with Gasteiger partial charge in [-0.25, -0.2) is 9.37 Å². The Morgan fingerprint density at radius 1 is 1.15 bits per heavy atom. The second-order valence-corrected chi connectivity index (χ2v) is 7.29. The summed E-state index contributed by atoms with van der Waals surface area (Å²) >= 11 is 5.84. The number of carbonyl (C=O) groups excluding carboxylic acids is 2. The van der Waals surface area contributed by atoms with E-state index in [0.29, 0.717) is 17.0 Å². The number of benzene rings is 1. The van der Waals surface area contributed by atoms with Crippen molar-refractivity contribution in [1.29, 1.82) is 0 Å². The van der Waals surface area contributed by atoms with Crippen molar-refractivity contribution >= 4 is 23.4 Å². The third-order valence-electron chi connectivity index (χ3n) is 3.53. The van der Waals surface area contributed by atoms with Gasteiger partial charge in [0.15, 0.2) is 5.78 Å². The third kappa shape index (κ3) is 5.76. The first kappa shape index (κ1) is 20.8. The molecular weight excluding hydrogens is 373 g/mol. The zero-order valence-electron chi connectivity index (χ0n) is 15.6. The van der Waals surface area contributed by atoms with Crippen LogP contribution >= 0.6 is 11.6 Å². The molecule has 0 aliphatic carbocycles. The summed E-state index contributed by atoms with van der Waals surface area (Å²) in [4.78, 5) is 28.5. The van der Waals surface area contributed by atoms with Gasteiger partial charge < -0.3 is 9.47 Å². The number of ketones is 1. The minimum Gasteiger partial charge on any atom is -0.494 e. The molecule has 0 amide bonds. The van der Waals surface area contributed by atoms with Crippen molar-refractivity contribution in [3.8, 4) is 17.0 Å². The van der Waals surface area contributed by atoms with Gasteiger partial charge in [0.25, 0.3) is 0 Å². The molecule has 7 heteroatoms. The summed E-state index contributed by atoms with van der Waals surface area (Å²) in [6, 6.07) is 7.25. The molecule has 0 atom stereocenters. The standard InChI is InChI=1S/C20H21ClFNO4/c1-20(2,3)27-18(25)10-8-16(24)15-7-9-17(26-4)19(23-15)12-5-6-14(22)13(21)11-12/h5-7,9,11H,8,10H2,1-4H3. The summed E-state index contributed by atoms with van der Waals surface area (Å²) in [5, 5.41) is -0.0574. The largest absolute Gasteiger partial charge is 0.494 e. The smallest absolute Gasteiger partial charge is 0.306 e. The maximum absolute atomic E-state index is 13.4. The van der Waals surface area contributed by atoms with Crippen LogP contribution in [-0.2, 0) is 9.53 Å². The fraction of sp³-hybridized carbons (Fsp3) is 0.350. The molecule has 0 N–H and O–H groups in total. The third-order valence-corrected chi connectivity index (χ3v) is 3.82. The highest BCUT2D eigenvalue weighted by Crippen LogP contribution is 2.31. The Hall–Kier alpha value is -2.47. The number of ether oxygens (including phenoxy) is 2. The van der Waals surface area contributed by atoms with Gasteiger partial charge >= 0.3 is 5.97 Å². The van der Waals surface area contributed by atoms with E-state index in [-0.39, 0.29) is 29.3 Å². The average Bonchev–Trinajstić information content (AvgIpc) is 2.60. The lowest BCUT2D eigenvalue weighted by molar-refractivity contribution is -0.154. The Kier molecular flexibility index (Phi) is 6.54. The van der Waals surface area contributed by atoms with Gasteiger partial charge in [-0.3, -0.25) is 9.59 Å². The van der Waals surface area contributed by atoms with E-state index in [1.165, 1.54) is 31.4 Å². The topological polar surface area (TPSA) is 65.5 Å². The number of aromatic nitrogens is 1. The van der Waals surface area contributed by atoms with Gasteiger partial charge in [-0.05, 0) is 51.1 Å². The average molecular weight is 394 g/mol. The first-order chi connectivity index (χ1) is 12.6. The molecule has 2 rings (SSSR count). The minimum atomic E-state index is -0.604. The summed E-state index contributed by atoms with van der Waals surface area (Å²) in [5.74, 6) is -0.891. The molecular formula is C20H21ClFNO4. The summed E-state index contributed by atoms with van der Waals surface area (Å²) in [5.41, 5.74) is 0.449. The van der Waals surface area contributed by atoms with Crippen LogP contribution in [-0.4, -0.2) is 29.4 Å². The highest BCUT2D eigenvalue weighted by atomic mass is 35.5. The molecule has 0 aliphatic rings. The van der Waals surface area contributed by atoms with Crippen molar-refractivity contribution in [3.05, 3.63) is 46.9 Å². The molecule has 2 aromatic rings. The van der Waals surface area contributed by atoms with E-state index in [1.54, 1.807) is 26.8 Å². The number of carbonyl (C=O) groups is 2. The van der Waals surface area contributed by atoms with Crippen LogP contribution in [0.1, 0.15) is 44.1 Å². The molecule has 1 aromatic carbocycles. The number of hydrogen-bond acceptors (Lipinski definition) is 5. The van der Waals surface area contributed by atoms with Crippen molar-refractivity contribution in [2.45, 2.75) is 39.2 Å². The molecule has 0 saturated carbocycles. The number of halogens is 2. The van der Waals surface area contributed by atoms with Crippen LogP contribution in [0.15, 0.2) is 30.3 Å². The Labute approximate surface area is 162 Å². The van der Waals surface area contributed by atoms with Gasteiger partial charge in [-0.2, -0.15) is 0 Å². The maximum Gasteiger partial charge on any atom is 0.306 e. The Bertz CT molecular complexity index is 862. The number of esters is 1. The highest BCUT2D eigenvalue weighted by molar-refractivity contribution is 6.31. The first-order valence-electron chi connectivity index (χ1n) is 8.36. The number of Topliss-reactive ketones (excluding diaryl/α,β-unsaturated/α-hetero) is 1. The number of pyridine rings is 1. The van der Waals surface area contributed by atoms with Crippen molar-refractivity contribution in [2.75, 3.05) is 7.11 Å². The van der Waals surface area contributed by atoms with Crippen LogP contribution < -0.4 is 4.74 Å². The molecule has 0 aliphatic heterocycles. The molecule has 1 aromatic heterocycles. The van der Waals surface area contributed by atoms with Crippen LogP contribution in [0.5, 0.6) is 5.75 Å². The molecule has 0 radical (unpaired) electrons. The maximum atomic E-state index is 13.4. The molecule has 1 heterocycles. The number of methoxy groups -OCH3 is 1. The summed E-state index contributed by atoms with van der Waals surface area (Å²) in [6.45, 7) is 5.29. The van der Waals surface area contributed by atoms with Gasteiger partial charge in [-0.1, -0.05) is 11.6 Å². The van der Waals surface area contributed by atoms with Crippen LogP contribution in [0.25, 0.3) is 11.3 Å². The predicted molar refractivity (Wildman–Crippen MR) is 101 cm³/mol. The number of rotatable bonds is 6. The zero-order valence-corrected chi connectivity index (χ0v) is 16.4. The number of nitrogens with zero attached hydrogens (tertiary/aromatic N) is 1. The minimum absolute atomic E-state index is 0.0299. The molecule has 144 valence electrons. The van der Waals surface area contributed by atoms with E-state index in [0.717, 1.165) is 0 Å². The van der Waals surface area contributed by atoms with Crippen LogP contribution in [0.4, 0.5) is 4.39 Å². The Morgan fingerprint density at radius 3 is 2.44 bits per heavy atom. The van der Waals surface area contributed by atoms with E-state index >= 15 is 0 Å². The first-order valence-corrected chi connectivity index (χ1v) is 8.74. The van der Waals surface area contributed by atoms with E-state index < -0.39 is 17.4 Å². The summed E-state index contributed by atoms with van der Waals surface area (Å²) in [7, 11) is 1.47. The van der Waals surface area contributed by atoms with E-state index in [4.69, 9.17) is 21.1 Å². The molecule has 0 bridgehead atoms. The second-order valence-electron chi connectivity index (χ2n) is 6.89. The fourth-order valence-electron chi connectivity index (χ4n) is 2.35. The van der Waals surface area contributed by atoms with Crippen molar-refractivity contribution < 1.29 is 23.5 Å². The van der Waals surface area contributed by atoms with Crippen molar-refractivity contribution in [3.63, 3.8) is 0 Å². The summed E-state index contributed by atoms with van der Waals surface area (Å²) < 4.78 is 23.9. The molecule has 0 spiro atoms. The molecule has 5 nitrogen and oxygen atoms in total. The molecule has 0 unspecified atom stereocenters. The van der Waals surface area contributed by atoms with Gasteiger partial charge in [0, 0.05) is 12.0 Å². The van der Waals surface area contributed by atoms with E-state index in [9.17, 15) is 14.0 Å². The Morgan fingerprint density at radius 2 is 1.85 bits per heavy atom. The lowest BCUT2D eigenvalue weighted by Gasteiger charge is -2.19. The van der Waals surface area contributed by atoms with Gasteiger partial charge in [0.1, 0.15) is 28.6 Å². The van der Waals surface area contributed by atoms with Crippen LogP contribution in [0.2, 0.25) is 5.02 Å². The van der Waals surface area contributed by atoms with E-state index in [1.807, 2.05) is 0 Å². The second kappa shape index (κ2) is 8.48. The lowest BCUT2D eigenvalue weighted by atomic mass is 10.1. The van der Waals surface area contributed by atoms with Gasteiger partial charge in [-0.15, -0.1) is 0 Å². The summed E-state index contributed by atoms with van der Waals surface area (Å²) in [6.07, 6.45) is -0.0701. The van der Waals surface area contributed by atoms with Crippen molar-refractivity contribution in [2.24, 2.45) is 0 Å². The molecule has 27 heavy (non-hydrogen) atoms. The van der Waals surface area contributed by atoms with Crippen molar-refractivity contribution in [1.82, 2.24) is 4.98 Å². The van der Waals surface area contributed by atoms with Crippen LogP contribution in [0.3, 0.4) is 0 Å². The van der Waals surface area contributed by atoms with Gasteiger partial charge in [0.05, 0.1) is 18.6 Å². The monoisotopic (exact) mass is 393 g/mol. The van der Waals surface area contributed by atoms with Crippen LogP contribution in [0, 0.1) is 5.82 Å². The lowest BCUT2D eigenvalue weighted by Crippen LogP contribution is -2.24. The van der Waals surface area contributed by atoms with Gasteiger partial charge in [0.2, 0.25) is 0 Å². The predicted octanol–water partition coefficient (Wildman–Crippen LogP) is 4.85. The fourth-order valence-corrected chi connectivity index (χ4v) is 2.53. The number of hydrogen-bond donors (Lipinski definition) is 0. The SMILES string of the molecule is COc1ccc(C(=O)CCC(=O)OC(C)(C)C)nc1-c1ccc(F)c(Cl)c1.